The first-order valence-electron chi connectivity index (χ1n) is 6.38. The summed E-state index contributed by atoms with van der Waals surface area (Å²) in [6.07, 6.45) is 0.959. The second kappa shape index (κ2) is 3.89. The van der Waals surface area contributed by atoms with Gasteiger partial charge in [0, 0.05) is 11.0 Å². The number of aryl methyl sites for hydroxylation is 1. The molecule has 0 amide bonds. The Labute approximate surface area is 108 Å². The van der Waals surface area contributed by atoms with Gasteiger partial charge >= 0.3 is 0 Å². The third-order valence-corrected chi connectivity index (χ3v) is 4.79. The number of phenols is 2. The van der Waals surface area contributed by atoms with Crippen molar-refractivity contribution in [2.45, 2.75) is 52.1 Å². The first-order valence-corrected chi connectivity index (χ1v) is 6.38. The van der Waals surface area contributed by atoms with Crippen LogP contribution in [-0.2, 0) is 5.41 Å². The molecule has 3 heteroatoms. The molecule has 1 aliphatic carbocycles. The van der Waals surface area contributed by atoms with E-state index in [0.717, 1.165) is 5.56 Å². The maximum atomic E-state index is 10.2. The summed E-state index contributed by atoms with van der Waals surface area (Å²) < 4.78 is 0. The van der Waals surface area contributed by atoms with Crippen LogP contribution >= 0.6 is 0 Å². The van der Waals surface area contributed by atoms with E-state index in [1.165, 1.54) is 0 Å². The minimum atomic E-state index is -0.354. The molecule has 0 radical (unpaired) electrons. The van der Waals surface area contributed by atoms with E-state index in [-0.39, 0.29) is 28.4 Å². The zero-order chi connectivity index (χ0) is 13.7. The van der Waals surface area contributed by atoms with Gasteiger partial charge in [-0.1, -0.05) is 20.8 Å². The van der Waals surface area contributed by atoms with Crippen LogP contribution in [0.1, 0.15) is 44.7 Å². The Balaban J connectivity index is 2.58. The summed E-state index contributed by atoms with van der Waals surface area (Å²) in [6, 6.07) is 3.24. The van der Waals surface area contributed by atoms with Gasteiger partial charge in [-0.2, -0.15) is 0 Å². The number of phenolic OH excluding ortho intramolecular Hbond substituents is 2. The highest BCUT2D eigenvalue weighted by Gasteiger charge is 2.51. The highest BCUT2D eigenvalue weighted by molar-refractivity contribution is 5.49. The zero-order valence-corrected chi connectivity index (χ0v) is 11.5. The molecule has 1 fully saturated rings. The van der Waals surface area contributed by atoms with Gasteiger partial charge in [0.25, 0.3) is 0 Å². The predicted octanol–water partition coefficient (Wildman–Crippen LogP) is 2.84. The van der Waals surface area contributed by atoms with Crippen LogP contribution in [0.25, 0.3) is 0 Å². The molecule has 1 aromatic rings. The van der Waals surface area contributed by atoms with E-state index in [1.807, 2.05) is 6.92 Å². The average Bonchev–Trinajstić information content (AvgIpc) is 2.42. The van der Waals surface area contributed by atoms with Crippen LogP contribution in [0.3, 0.4) is 0 Å². The van der Waals surface area contributed by atoms with Crippen LogP contribution in [0.15, 0.2) is 12.1 Å². The third-order valence-electron chi connectivity index (χ3n) is 4.79. The maximum absolute atomic E-state index is 10.2. The molecular formula is C15H22O3. The fraction of sp³-hybridized carbons (Fsp3) is 0.600. The molecule has 0 bridgehead atoms. The van der Waals surface area contributed by atoms with E-state index in [1.54, 1.807) is 19.1 Å². The van der Waals surface area contributed by atoms with Gasteiger partial charge in [-0.15, -0.1) is 0 Å². The average molecular weight is 250 g/mol. The summed E-state index contributed by atoms with van der Waals surface area (Å²) in [7, 11) is 0. The van der Waals surface area contributed by atoms with Crippen molar-refractivity contribution in [2.24, 2.45) is 5.41 Å². The first-order chi connectivity index (χ1) is 8.17. The summed E-state index contributed by atoms with van der Waals surface area (Å²) in [5.74, 6) is 0.399. The van der Waals surface area contributed by atoms with Gasteiger partial charge in [-0.25, -0.2) is 0 Å². The Bertz CT molecular complexity index is 479. The molecule has 0 spiro atoms. The summed E-state index contributed by atoms with van der Waals surface area (Å²) in [6.45, 7) is 8.00. The van der Waals surface area contributed by atoms with E-state index in [4.69, 9.17) is 0 Å². The summed E-state index contributed by atoms with van der Waals surface area (Å²) in [5.41, 5.74) is 0.941. The van der Waals surface area contributed by atoms with Gasteiger partial charge in [0.2, 0.25) is 0 Å². The fourth-order valence-electron chi connectivity index (χ4n) is 3.23. The monoisotopic (exact) mass is 250 g/mol. The number of hydrogen-bond donors (Lipinski definition) is 3. The van der Waals surface area contributed by atoms with Crippen LogP contribution in [0.4, 0.5) is 0 Å². The summed E-state index contributed by atoms with van der Waals surface area (Å²) >= 11 is 0. The van der Waals surface area contributed by atoms with Crippen molar-refractivity contribution in [1.29, 1.82) is 0 Å². The number of rotatable bonds is 1. The van der Waals surface area contributed by atoms with Crippen molar-refractivity contribution in [3.63, 3.8) is 0 Å². The van der Waals surface area contributed by atoms with Crippen molar-refractivity contribution in [3.8, 4) is 11.5 Å². The van der Waals surface area contributed by atoms with Gasteiger partial charge in [-0.3, -0.25) is 0 Å². The lowest BCUT2D eigenvalue weighted by Crippen LogP contribution is -2.34. The molecule has 18 heavy (non-hydrogen) atoms. The van der Waals surface area contributed by atoms with Gasteiger partial charge < -0.3 is 15.3 Å². The molecule has 0 saturated heterocycles. The molecule has 1 saturated carbocycles. The SMILES string of the molecule is Cc1cc(O)c([C@]2(C)CC(O)CC2(C)C)cc1O. The first kappa shape index (κ1) is 13.2. The number of hydrogen-bond acceptors (Lipinski definition) is 3. The third kappa shape index (κ3) is 1.77. The number of aliphatic hydroxyl groups excluding tert-OH is 1. The molecule has 0 aliphatic heterocycles. The van der Waals surface area contributed by atoms with Crippen molar-refractivity contribution >= 4 is 0 Å². The van der Waals surface area contributed by atoms with E-state index in [9.17, 15) is 15.3 Å². The molecule has 2 rings (SSSR count). The van der Waals surface area contributed by atoms with Crippen molar-refractivity contribution < 1.29 is 15.3 Å². The Kier molecular flexibility index (Phi) is 2.85. The van der Waals surface area contributed by atoms with E-state index in [2.05, 4.69) is 13.8 Å². The molecule has 0 aromatic heterocycles. The van der Waals surface area contributed by atoms with E-state index < -0.39 is 0 Å². The summed E-state index contributed by atoms with van der Waals surface area (Å²) in [5, 5.41) is 30.0. The molecule has 3 nitrogen and oxygen atoms in total. The summed E-state index contributed by atoms with van der Waals surface area (Å²) in [4.78, 5) is 0. The molecule has 1 aliphatic rings. The maximum Gasteiger partial charge on any atom is 0.119 e. The largest absolute Gasteiger partial charge is 0.508 e. The van der Waals surface area contributed by atoms with Gasteiger partial charge in [-0.05, 0) is 42.9 Å². The normalized spacial score (nSPS) is 30.6. The Morgan fingerprint density at radius 2 is 1.67 bits per heavy atom. The van der Waals surface area contributed by atoms with E-state index >= 15 is 0 Å². The molecule has 1 aromatic carbocycles. The van der Waals surface area contributed by atoms with E-state index in [0.29, 0.717) is 18.4 Å². The standard InChI is InChI=1S/C15H22O3/c1-9-5-13(18)11(6-12(9)17)15(4)8-10(16)7-14(15,2)3/h5-6,10,16-18H,7-8H2,1-4H3/t10?,15-/m0/s1. The Morgan fingerprint density at radius 1 is 1.06 bits per heavy atom. The van der Waals surface area contributed by atoms with Crippen LogP contribution in [0.5, 0.6) is 11.5 Å². The Hall–Kier alpha value is -1.22. The van der Waals surface area contributed by atoms with Crippen molar-refractivity contribution in [1.82, 2.24) is 0 Å². The highest BCUT2D eigenvalue weighted by Crippen LogP contribution is 2.56. The molecular weight excluding hydrogens is 228 g/mol. The topological polar surface area (TPSA) is 60.7 Å². The van der Waals surface area contributed by atoms with Gasteiger partial charge in [0.15, 0.2) is 0 Å². The van der Waals surface area contributed by atoms with Gasteiger partial charge in [0.1, 0.15) is 11.5 Å². The molecule has 2 atom stereocenters. The lowest BCUT2D eigenvalue weighted by Gasteiger charge is -2.39. The second-order valence-electron chi connectivity index (χ2n) is 6.43. The minimum Gasteiger partial charge on any atom is -0.508 e. The Morgan fingerprint density at radius 3 is 2.17 bits per heavy atom. The van der Waals surface area contributed by atoms with Crippen molar-refractivity contribution in [3.05, 3.63) is 23.3 Å². The lowest BCUT2D eigenvalue weighted by molar-refractivity contribution is 0.168. The second-order valence-corrected chi connectivity index (χ2v) is 6.43. The fourth-order valence-corrected chi connectivity index (χ4v) is 3.23. The zero-order valence-electron chi connectivity index (χ0n) is 11.5. The molecule has 100 valence electrons. The highest BCUT2D eigenvalue weighted by atomic mass is 16.3. The van der Waals surface area contributed by atoms with Crippen LogP contribution in [0, 0.1) is 12.3 Å². The number of benzene rings is 1. The lowest BCUT2D eigenvalue weighted by atomic mass is 9.65. The van der Waals surface area contributed by atoms with Crippen LogP contribution < -0.4 is 0 Å². The number of aromatic hydroxyl groups is 2. The minimum absolute atomic E-state index is 0.119. The predicted molar refractivity (Wildman–Crippen MR) is 70.9 cm³/mol. The molecule has 1 unspecified atom stereocenters. The number of aliphatic hydroxyl groups is 1. The molecule has 0 heterocycles. The molecule has 3 N–H and O–H groups in total. The van der Waals surface area contributed by atoms with Crippen molar-refractivity contribution in [2.75, 3.05) is 0 Å². The van der Waals surface area contributed by atoms with Crippen LogP contribution in [0.2, 0.25) is 0 Å². The quantitative estimate of drug-likeness (QED) is 0.672. The smallest absolute Gasteiger partial charge is 0.119 e. The van der Waals surface area contributed by atoms with Crippen LogP contribution in [-0.4, -0.2) is 21.4 Å². The van der Waals surface area contributed by atoms with Gasteiger partial charge in [0.05, 0.1) is 6.10 Å².